The molecule has 0 radical (unpaired) electrons. The minimum Gasteiger partial charge on any atom is -0.308 e. The number of para-hydroxylation sites is 5. The predicted octanol–water partition coefficient (Wildman–Crippen LogP) is 10.8. The fourth-order valence-electron chi connectivity index (χ4n) is 8.49. The molecule has 11 aromatic rings. The van der Waals surface area contributed by atoms with Gasteiger partial charge in [0.15, 0.2) is 0 Å². The van der Waals surface area contributed by atoms with Crippen LogP contribution in [0.25, 0.3) is 81.7 Å². The molecule has 0 atom stereocenters. The van der Waals surface area contributed by atoms with Gasteiger partial charge in [0.1, 0.15) is 11.7 Å². The lowest BCUT2D eigenvalue weighted by Crippen LogP contribution is -2.20. The zero-order valence-corrected chi connectivity index (χ0v) is 26.3. The van der Waals surface area contributed by atoms with Gasteiger partial charge in [0.05, 0.1) is 38.6 Å². The van der Waals surface area contributed by atoms with Crippen LogP contribution in [-0.4, -0.2) is 25.2 Å². The molecule has 5 nitrogen and oxygen atoms in total. The lowest BCUT2D eigenvalue weighted by molar-refractivity contribution is 1.19. The number of aromatic nitrogens is 3. The van der Waals surface area contributed by atoms with E-state index in [1.807, 2.05) is 53.1 Å². The van der Waals surface area contributed by atoms with Gasteiger partial charge in [-0.3, -0.25) is 20.0 Å². The standard InChI is InChI=1S/C44H27N5/c45-43(48-36-21-9-3-13-26(36)27-14-4-10-22-37(27)48)30-17-1-2-18-31(30)44(46)49-38-23-11-6-16-29(38)34-25-33-28-15-5-8-20-35(28)47-39-24-12-7-19-32(39)40(41(33)47)42(34)49/h1-25,45-46H. The van der Waals surface area contributed by atoms with Gasteiger partial charge in [0, 0.05) is 54.2 Å². The Hall–Kier alpha value is -6.72. The van der Waals surface area contributed by atoms with Gasteiger partial charge in [0.2, 0.25) is 0 Å². The van der Waals surface area contributed by atoms with Crippen LogP contribution in [0.15, 0.2) is 152 Å². The Morgan fingerprint density at radius 2 is 0.714 bits per heavy atom. The van der Waals surface area contributed by atoms with Crippen molar-refractivity contribution in [2.24, 2.45) is 0 Å². The third kappa shape index (κ3) is 3.28. The fraction of sp³-hybridized carbons (Fsp3) is 0. The molecule has 0 aliphatic heterocycles. The summed E-state index contributed by atoms with van der Waals surface area (Å²) in [6.45, 7) is 0. The van der Waals surface area contributed by atoms with Crippen LogP contribution in [0.3, 0.4) is 0 Å². The molecule has 228 valence electrons. The number of nitrogens with zero attached hydrogens (tertiary/aromatic N) is 3. The molecule has 0 amide bonds. The van der Waals surface area contributed by atoms with E-state index in [4.69, 9.17) is 0 Å². The van der Waals surface area contributed by atoms with Gasteiger partial charge in [0.25, 0.3) is 0 Å². The average molecular weight is 626 g/mol. The van der Waals surface area contributed by atoms with Crippen LogP contribution in [0.2, 0.25) is 0 Å². The van der Waals surface area contributed by atoms with E-state index in [0.29, 0.717) is 22.8 Å². The lowest BCUT2D eigenvalue weighted by atomic mass is 10.0. The Labute approximate surface area is 279 Å². The molecule has 49 heavy (non-hydrogen) atoms. The van der Waals surface area contributed by atoms with Gasteiger partial charge >= 0.3 is 0 Å². The van der Waals surface area contributed by atoms with Gasteiger partial charge in [-0.2, -0.15) is 0 Å². The Bertz CT molecular complexity index is 3150. The molecule has 0 saturated heterocycles. The van der Waals surface area contributed by atoms with E-state index in [0.717, 1.165) is 54.5 Å². The smallest absolute Gasteiger partial charge is 0.138 e. The minimum absolute atomic E-state index is 0.343. The van der Waals surface area contributed by atoms with E-state index in [-0.39, 0.29) is 0 Å². The zero-order valence-electron chi connectivity index (χ0n) is 26.3. The molecule has 0 fully saturated rings. The van der Waals surface area contributed by atoms with Crippen LogP contribution in [-0.2, 0) is 0 Å². The predicted molar refractivity (Wildman–Crippen MR) is 204 cm³/mol. The Balaban J connectivity index is 1.24. The third-order valence-corrected chi connectivity index (χ3v) is 10.5. The quantitative estimate of drug-likeness (QED) is 0.142. The largest absolute Gasteiger partial charge is 0.308 e. The molecule has 7 aromatic carbocycles. The summed E-state index contributed by atoms with van der Waals surface area (Å²) in [6, 6.07) is 52.5. The summed E-state index contributed by atoms with van der Waals surface area (Å²) in [6.07, 6.45) is 0. The van der Waals surface area contributed by atoms with Crippen molar-refractivity contribution in [2.75, 3.05) is 0 Å². The molecule has 11 rings (SSSR count). The molecule has 4 heterocycles. The first-order chi connectivity index (χ1) is 24.2. The van der Waals surface area contributed by atoms with E-state index in [1.165, 1.54) is 27.2 Å². The van der Waals surface area contributed by atoms with Crippen LogP contribution < -0.4 is 0 Å². The molecule has 0 saturated carbocycles. The molecule has 0 bridgehead atoms. The third-order valence-electron chi connectivity index (χ3n) is 10.5. The topological polar surface area (TPSA) is 62.0 Å². The van der Waals surface area contributed by atoms with Crippen LogP contribution in [0, 0.1) is 10.8 Å². The fourth-order valence-corrected chi connectivity index (χ4v) is 8.49. The van der Waals surface area contributed by atoms with Gasteiger partial charge in [-0.05, 0) is 36.4 Å². The minimum atomic E-state index is 0.343. The van der Waals surface area contributed by atoms with Gasteiger partial charge < -0.3 is 4.40 Å². The maximum atomic E-state index is 10.1. The number of hydrogen-bond donors (Lipinski definition) is 2. The normalized spacial score (nSPS) is 12.2. The number of benzene rings is 7. The summed E-state index contributed by atoms with van der Waals surface area (Å²) in [4.78, 5) is 0. The van der Waals surface area contributed by atoms with Gasteiger partial charge in [-0.15, -0.1) is 0 Å². The highest BCUT2D eigenvalue weighted by molar-refractivity contribution is 6.36. The summed E-state index contributed by atoms with van der Waals surface area (Å²) in [5.41, 5.74) is 8.89. The highest BCUT2D eigenvalue weighted by Crippen LogP contribution is 2.45. The first-order valence-corrected chi connectivity index (χ1v) is 16.6. The first-order valence-electron chi connectivity index (χ1n) is 16.6. The van der Waals surface area contributed by atoms with E-state index in [9.17, 15) is 10.8 Å². The van der Waals surface area contributed by atoms with Gasteiger partial charge in [-0.1, -0.05) is 115 Å². The lowest BCUT2D eigenvalue weighted by Gasteiger charge is -2.17. The second-order valence-corrected chi connectivity index (χ2v) is 12.9. The maximum absolute atomic E-state index is 10.1. The summed E-state index contributed by atoms with van der Waals surface area (Å²) in [5, 5.41) is 29.0. The Morgan fingerprint density at radius 1 is 0.347 bits per heavy atom. The van der Waals surface area contributed by atoms with E-state index in [2.05, 4.69) is 112 Å². The van der Waals surface area contributed by atoms with Crippen LogP contribution in [0.1, 0.15) is 11.1 Å². The summed E-state index contributed by atoms with van der Waals surface area (Å²) in [5.74, 6) is 0.686. The Kier molecular flexibility index (Phi) is 5.07. The molecular formula is C44H27N5. The molecule has 0 spiro atoms. The van der Waals surface area contributed by atoms with Crippen molar-refractivity contribution in [1.29, 1.82) is 10.8 Å². The van der Waals surface area contributed by atoms with E-state index >= 15 is 0 Å². The highest BCUT2D eigenvalue weighted by atomic mass is 15.1. The van der Waals surface area contributed by atoms with Crippen LogP contribution >= 0.6 is 0 Å². The SMILES string of the molecule is N=C(c1ccccc1C(=N)n1c2ccccc2c2cc3c4ccccc4n4c5ccccc5c(c21)c34)n1c2ccccc2c2ccccc21. The average Bonchev–Trinajstić information content (AvgIpc) is 3.88. The van der Waals surface area contributed by atoms with Crippen molar-refractivity contribution < 1.29 is 0 Å². The second-order valence-electron chi connectivity index (χ2n) is 12.9. The second kappa shape index (κ2) is 9.43. The van der Waals surface area contributed by atoms with Gasteiger partial charge in [-0.25, -0.2) is 0 Å². The van der Waals surface area contributed by atoms with Crippen molar-refractivity contribution in [1.82, 2.24) is 13.5 Å². The number of nitrogens with one attached hydrogen (secondary N) is 2. The molecule has 0 unspecified atom stereocenters. The number of hydrogen-bond acceptors (Lipinski definition) is 2. The van der Waals surface area contributed by atoms with Crippen molar-refractivity contribution in [3.05, 3.63) is 163 Å². The van der Waals surface area contributed by atoms with Crippen LogP contribution in [0.4, 0.5) is 0 Å². The monoisotopic (exact) mass is 625 g/mol. The van der Waals surface area contributed by atoms with E-state index in [1.54, 1.807) is 0 Å². The van der Waals surface area contributed by atoms with E-state index < -0.39 is 0 Å². The molecule has 5 heteroatoms. The van der Waals surface area contributed by atoms with Crippen molar-refractivity contribution >= 4 is 93.4 Å². The van der Waals surface area contributed by atoms with Crippen molar-refractivity contribution in [2.45, 2.75) is 0 Å². The molecule has 2 N–H and O–H groups in total. The maximum Gasteiger partial charge on any atom is 0.138 e. The van der Waals surface area contributed by atoms with Crippen molar-refractivity contribution in [3.8, 4) is 0 Å². The van der Waals surface area contributed by atoms with Crippen molar-refractivity contribution in [3.63, 3.8) is 0 Å². The molecule has 4 aromatic heterocycles. The Morgan fingerprint density at radius 3 is 1.29 bits per heavy atom. The molecular weight excluding hydrogens is 599 g/mol. The molecule has 0 aliphatic carbocycles. The first kappa shape index (κ1) is 26.4. The molecule has 0 aliphatic rings. The summed E-state index contributed by atoms with van der Waals surface area (Å²) < 4.78 is 6.55. The summed E-state index contributed by atoms with van der Waals surface area (Å²) in [7, 11) is 0. The highest BCUT2D eigenvalue weighted by Gasteiger charge is 2.26. The number of fused-ring (bicyclic) bond motifs is 13. The summed E-state index contributed by atoms with van der Waals surface area (Å²) >= 11 is 0. The zero-order chi connectivity index (χ0) is 32.4. The van der Waals surface area contributed by atoms with Crippen LogP contribution in [0.5, 0.6) is 0 Å². The number of rotatable bonds is 2.